The quantitative estimate of drug-likeness (QED) is 0.629. The maximum absolute atomic E-state index is 12.0. The van der Waals surface area contributed by atoms with Gasteiger partial charge in [0.25, 0.3) is 5.91 Å². The molecular weight excluding hydrogens is 282 g/mol. The summed E-state index contributed by atoms with van der Waals surface area (Å²) in [5.41, 5.74) is 0.904. The first-order valence-corrected chi connectivity index (χ1v) is 7.37. The van der Waals surface area contributed by atoms with Crippen LogP contribution in [0, 0.1) is 0 Å². The van der Waals surface area contributed by atoms with Crippen LogP contribution in [0.25, 0.3) is 6.08 Å². The van der Waals surface area contributed by atoms with E-state index in [9.17, 15) is 9.59 Å². The summed E-state index contributed by atoms with van der Waals surface area (Å²) in [5.74, 6) is -0.713. The fourth-order valence-electron chi connectivity index (χ4n) is 2.38. The van der Waals surface area contributed by atoms with E-state index in [1.807, 2.05) is 44.2 Å². The molecule has 2 atom stereocenters. The van der Waals surface area contributed by atoms with Crippen LogP contribution in [0.3, 0.4) is 0 Å². The van der Waals surface area contributed by atoms with Crippen LogP contribution < -0.4 is 0 Å². The molecule has 1 aromatic rings. The van der Waals surface area contributed by atoms with E-state index in [1.165, 1.54) is 6.08 Å². The highest BCUT2D eigenvalue weighted by Crippen LogP contribution is 2.10. The van der Waals surface area contributed by atoms with Crippen LogP contribution in [0.4, 0.5) is 0 Å². The fourth-order valence-corrected chi connectivity index (χ4v) is 2.38. The number of morpholine rings is 1. The lowest BCUT2D eigenvalue weighted by molar-refractivity contribution is -0.154. The summed E-state index contributed by atoms with van der Waals surface area (Å²) in [6.07, 6.45) is 2.99. The number of amides is 1. The molecule has 1 fully saturated rings. The Balaban J connectivity index is 1.78. The lowest BCUT2D eigenvalue weighted by atomic mass is 10.2. The van der Waals surface area contributed by atoms with E-state index in [0.717, 1.165) is 5.56 Å². The van der Waals surface area contributed by atoms with Crippen LogP contribution in [0.2, 0.25) is 0 Å². The molecule has 0 N–H and O–H groups in total. The number of benzene rings is 1. The second-order valence-corrected chi connectivity index (χ2v) is 5.41. The summed E-state index contributed by atoms with van der Waals surface area (Å²) in [6.45, 7) is 4.66. The van der Waals surface area contributed by atoms with Crippen molar-refractivity contribution >= 4 is 18.0 Å². The van der Waals surface area contributed by atoms with Crippen molar-refractivity contribution in [3.05, 3.63) is 42.0 Å². The van der Waals surface area contributed by atoms with Gasteiger partial charge in [0.05, 0.1) is 12.2 Å². The Hall–Kier alpha value is -2.14. The van der Waals surface area contributed by atoms with Crippen molar-refractivity contribution in [2.75, 3.05) is 19.7 Å². The summed E-state index contributed by atoms with van der Waals surface area (Å²) in [4.78, 5) is 25.3. The topological polar surface area (TPSA) is 55.8 Å². The number of hydrogen-bond donors (Lipinski definition) is 0. The Morgan fingerprint density at radius 3 is 2.50 bits per heavy atom. The molecule has 1 heterocycles. The average molecular weight is 303 g/mol. The summed E-state index contributed by atoms with van der Waals surface area (Å²) in [7, 11) is 0. The van der Waals surface area contributed by atoms with Gasteiger partial charge >= 0.3 is 5.97 Å². The molecule has 0 aliphatic carbocycles. The molecule has 0 radical (unpaired) electrons. The summed E-state index contributed by atoms with van der Waals surface area (Å²) >= 11 is 0. The number of ether oxygens (including phenoxy) is 2. The van der Waals surface area contributed by atoms with Gasteiger partial charge in [0.2, 0.25) is 0 Å². The van der Waals surface area contributed by atoms with E-state index in [0.29, 0.717) is 13.1 Å². The predicted molar refractivity (Wildman–Crippen MR) is 83.0 cm³/mol. The number of carbonyl (C=O) groups is 2. The highest BCUT2D eigenvalue weighted by atomic mass is 16.5. The third-order valence-corrected chi connectivity index (χ3v) is 3.32. The van der Waals surface area contributed by atoms with Gasteiger partial charge in [-0.15, -0.1) is 0 Å². The maximum atomic E-state index is 12.0. The molecule has 0 aromatic heterocycles. The van der Waals surface area contributed by atoms with Crippen LogP contribution >= 0.6 is 0 Å². The molecule has 118 valence electrons. The van der Waals surface area contributed by atoms with Crippen LogP contribution in [0.15, 0.2) is 36.4 Å². The first-order chi connectivity index (χ1) is 10.5. The summed E-state index contributed by atoms with van der Waals surface area (Å²) < 4.78 is 10.6. The van der Waals surface area contributed by atoms with E-state index >= 15 is 0 Å². The molecule has 1 amide bonds. The van der Waals surface area contributed by atoms with Gasteiger partial charge < -0.3 is 14.4 Å². The van der Waals surface area contributed by atoms with E-state index in [4.69, 9.17) is 9.47 Å². The standard InChI is InChI=1S/C17H21NO4/c1-13-10-18(11-14(2)22-13)16(19)12-21-17(20)9-8-15-6-4-3-5-7-15/h3-9,13-14H,10-12H2,1-2H3/b9-8+/t13-,14-/m0/s1. The molecule has 1 aromatic carbocycles. The van der Waals surface area contributed by atoms with Crippen molar-refractivity contribution < 1.29 is 19.1 Å². The van der Waals surface area contributed by atoms with Crippen molar-refractivity contribution in [3.8, 4) is 0 Å². The zero-order chi connectivity index (χ0) is 15.9. The first-order valence-electron chi connectivity index (χ1n) is 7.37. The van der Waals surface area contributed by atoms with Gasteiger partial charge in [-0.1, -0.05) is 30.3 Å². The zero-order valence-electron chi connectivity index (χ0n) is 12.9. The Labute approximate surface area is 130 Å². The molecule has 0 saturated carbocycles. The van der Waals surface area contributed by atoms with Crippen LogP contribution in [0.5, 0.6) is 0 Å². The highest BCUT2D eigenvalue weighted by Gasteiger charge is 2.26. The average Bonchev–Trinajstić information content (AvgIpc) is 2.50. The third-order valence-electron chi connectivity index (χ3n) is 3.32. The Morgan fingerprint density at radius 1 is 1.23 bits per heavy atom. The lowest BCUT2D eigenvalue weighted by Gasteiger charge is -2.35. The van der Waals surface area contributed by atoms with Gasteiger partial charge in [0.1, 0.15) is 0 Å². The van der Waals surface area contributed by atoms with E-state index in [-0.39, 0.29) is 24.7 Å². The molecule has 5 heteroatoms. The molecular formula is C17H21NO4. The zero-order valence-corrected chi connectivity index (χ0v) is 12.9. The van der Waals surface area contributed by atoms with Gasteiger partial charge in [-0.05, 0) is 25.5 Å². The number of carbonyl (C=O) groups excluding carboxylic acids is 2. The van der Waals surface area contributed by atoms with Crippen molar-refractivity contribution in [3.63, 3.8) is 0 Å². The normalized spacial score (nSPS) is 21.8. The minimum Gasteiger partial charge on any atom is -0.452 e. The molecule has 1 saturated heterocycles. The molecule has 1 aliphatic heterocycles. The summed E-state index contributed by atoms with van der Waals surface area (Å²) in [5, 5.41) is 0. The minimum atomic E-state index is -0.522. The first kappa shape index (κ1) is 16.2. The van der Waals surface area contributed by atoms with E-state index in [1.54, 1.807) is 11.0 Å². The molecule has 1 aliphatic rings. The predicted octanol–water partition coefficient (Wildman–Crippen LogP) is 1.88. The van der Waals surface area contributed by atoms with Gasteiger partial charge in [0.15, 0.2) is 6.61 Å². The third kappa shape index (κ3) is 5.00. The van der Waals surface area contributed by atoms with Crippen molar-refractivity contribution in [1.82, 2.24) is 4.90 Å². The molecule has 2 rings (SSSR count). The molecule has 0 spiro atoms. The summed E-state index contributed by atoms with van der Waals surface area (Å²) in [6, 6.07) is 9.43. The van der Waals surface area contributed by atoms with Crippen molar-refractivity contribution in [2.45, 2.75) is 26.1 Å². The molecule has 0 unspecified atom stereocenters. The van der Waals surface area contributed by atoms with Crippen molar-refractivity contribution in [2.24, 2.45) is 0 Å². The Bertz CT molecular complexity index is 531. The highest BCUT2D eigenvalue weighted by molar-refractivity contribution is 5.89. The number of nitrogens with zero attached hydrogens (tertiary/aromatic N) is 1. The smallest absolute Gasteiger partial charge is 0.331 e. The van der Waals surface area contributed by atoms with Gasteiger partial charge in [-0.25, -0.2) is 4.79 Å². The van der Waals surface area contributed by atoms with Gasteiger partial charge in [-0.3, -0.25) is 4.79 Å². The van der Waals surface area contributed by atoms with E-state index in [2.05, 4.69) is 0 Å². The van der Waals surface area contributed by atoms with E-state index < -0.39 is 5.97 Å². The second-order valence-electron chi connectivity index (χ2n) is 5.41. The Kier molecular flexibility index (Phi) is 5.72. The van der Waals surface area contributed by atoms with Crippen LogP contribution in [-0.4, -0.2) is 48.7 Å². The van der Waals surface area contributed by atoms with Crippen LogP contribution in [-0.2, 0) is 19.1 Å². The number of esters is 1. The SMILES string of the molecule is C[C@H]1CN(C(=O)COC(=O)/C=C/c2ccccc2)C[C@H](C)O1. The molecule has 0 bridgehead atoms. The van der Waals surface area contributed by atoms with Crippen LogP contribution in [0.1, 0.15) is 19.4 Å². The largest absolute Gasteiger partial charge is 0.452 e. The van der Waals surface area contributed by atoms with Crippen molar-refractivity contribution in [1.29, 1.82) is 0 Å². The monoisotopic (exact) mass is 303 g/mol. The maximum Gasteiger partial charge on any atom is 0.331 e. The number of hydrogen-bond acceptors (Lipinski definition) is 4. The molecule has 5 nitrogen and oxygen atoms in total. The molecule has 22 heavy (non-hydrogen) atoms. The van der Waals surface area contributed by atoms with Gasteiger partial charge in [0, 0.05) is 19.2 Å². The van der Waals surface area contributed by atoms with Gasteiger partial charge in [-0.2, -0.15) is 0 Å². The second kappa shape index (κ2) is 7.75. The number of rotatable bonds is 4. The lowest BCUT2D eigenvalue weighted by Crippen LogP contribution is -2.49. The Morgan fingerprint density at radius 2 is 1.86 bits per heavy atom. The minimum absolute atomic E-state index is 0.00128. The fraction of sp³-hybridized carbons (Fsp3) is 0.412.